The molecule has 0 atom stereocenters. The maximum atomic E-state index is 12.6. The van der Waals surface area contributed by atoms with Crippen LogP contribution in [-0.4, -0.2) is 19.1 Å². The van der Waals surface area contributed by atoms with Crippen LogP contribution < -0.4 is 4.90 Å². The van der Waals surface area contributed by atoms with Crippen molar-refractivity contribution in [1.82, 2.24) is 4.98 Å². The molecule has 0 aromatic carbocycles. The summed E-state index contributed by atoms with van der Waals surface area (Å²) in [7, 11) is 3.38. The smallest absolute Gasteiger partial charge is 0.362 e. The third kappa shape index (κ3) is 3.11. The van der Waals surface area contributed by atoms with Crippen LogP contribution in [0.25, 0.3) is 0 Å². The van der Waals surface area contributed by atoms with Gasteiger partial charge < -0.3 is 4.90 Å². The first kappa shape index (κ1) is 13.8. The van der Waals surface area contributed by atoms with Gasteiger partial charge in [-0.2, -0.15) is 13.2 Å². The average molecular weight is 246 g/mol. The summed E-state index contributed by atoms with van der Waals surface area (Å²) in [5.74, 6) is 0.368. The fraction of sp³-hybridized carbons (Fsp3) is 0.583. The molecular weight excluding hydrogens is 229 g/mol. The lowest BCUT2D eigenvalue weighted by molar-refractivity contribution is -0.141. The third-order valence-electron chi connectivity index (χ3n) is 2.40. The molecule has 0 aliphatic carbocycles. The molecule has 0 amide bonds. The second kappa shape index (κ2) is 4.20. The molecule has 0 aliphatic heterocycles. The highest BCUT2D eigenvalue weighted by Crippen LogP contribution is 2.34. The fourth-order valence-corrected chi connectivity index (χ4v) is 1.53. The van der Waals surface area contributed by atoms with Gasteiger partial charge in [-0.05, 0) is 11.5 Å². The third-order valence-corrected chi connectivity index (χ3v) is 2.40. The first-order chi connectivity index (χ1) is 7.53. The molecule has 0 saturated heterocycles. The van der Waals surface area contributed by atoms with E-state index in [1.807, 2.05) is 20.8 Å². The zero-order chi connectivity index (χ0) is 13.4. The lowest BCUT2D eigenvalue weighted by Gasteiger charge is -2.26. The van der Waals surface area contributed by atoms with Crippen molar-refractivity contribution in [1.29, 1.82) is 0 Å². The highest BCUT2D eigenvalue weighted by molar-refractivity contribution is 5.50. The van der Waals surface area contributed by atoms with Gasteiger partial charge in [0.1, 0.15) is 11.5 Å². The summed E-state index contributed by atoms with van der Waals surface area (Å²) in [4.78, 5) is 5.32. The van der Waals surface area contributed by atoms with Gasteiger partial charge in [0.25, 0.3) is 0 Å². The molecule has 1 aromatic heterocycles. The summed E-state index contributed by atoms with van der Waals surface area (Å²) < 4.78 is 37.7. The van der Waals surface area contributed by atoms with Crippen LogP contribution in [0.5, 0.6) is 0 Å². The number of halogens is 3. The molecule has 0 radical (unpaired) electrons. The van der Waals surface area contributed by atoms with E-state index in [1.54, 1.807) is 19.0 Å². The Labute approximate surface area is 99.5 Å². The summed E-state index contributed by atoms with van der Waals surface area (Å²) in [6.07, 6.45) is -4.40. The quantitative estimate of drug-likeness (QED) is 0.754. The normalized spacial score (nSPS) is 12.7. The summed E-state index contributed by atoms with van der Waals surface area (Å²) >= 11 is 0. The standard InChI is InChI=1S/C12H17F3N2/c1-11(2,3)8-6-7-9(12(13,14)15)16-10(8)17(4)5/h6-7H,1-5H3. The number of hydrogen-bond donors (Lipinski definition) is 0. The molecule has 0 aliphatic rings. The largest absolute Gasteiger partial charge is 0.433 e. The van der Waals surface area contributed by atoms with E-state index in [-0.39, 0.29) is 5.41 Å². The minimum Gasteiger partial charge on any atom is -0.362 e. The Balaban J connectivity index is 3.38. The molecule has 0 fully saturated rings. The fourth-order valence-electron chi connectivity index (χ4n) is 1.53. The molecule has 1 aromatic rings. The van der Waals surface area contributed by atoms with Gasteiger partial charge in [0.15, 0.2) is 0 Å². The number of pyridine rings is 1. The predicted octanol–water partition coefficient (Wildman–Crippen LogP) is 3.46. The van der Waals surface area contributed by atoms with Gasteiger partial charge in [-0.1, -0.05) is 26.8 Å². The maximum absolute atomic E-state index is 12.6. The first-order valence-electron chi connectivity index (χ1n) is 5.29. The monoisotopic (exact) mass is 246 g/mol. The molecule has 1 rings (SSSR count). The van der Waals surface area contributed by atoms with E-state index in [4.69, 9.17) is 0 Å². The second-order valence-corrected chi connectivity index (χ2v) is 5.21. The maximum Gasteiger partial charge on any atom is 0.433 e. The summed E-state index contributed by atoms with van der Waals surface area (Å²) in [6.45, 7) is 5.85. The second-order valence-electron chi connectivity index (χ2n) is 5.21. The molecule has 0 saturated carbocycles. The molecule has 1 heterocycles. The first-order valence-corrected chi connectivity index (χ1v) is 5.29. The highest BCUT2D eigenvalue weighted by atomic mass is 19.4. The molecule has 2 nitrogen and oxygen atoms in total. The van der Waals surface area contributed by atoms with Crippen LogP contribution in [0.4, 0.5) is 19.0 Å². The molecule has 17 heavy (non-hydrogen) atoms. The van der Waals surface area contributed by atoms with Crippen molar-refractivity contribution < 1.29 is 13.2 Å². The Hall–Kier alpha value is -1.26. The van der Waals surface area contributed by atoms with Crippen molar-refractivity contribution in [3.05, 3.63) is 23.4 Å². The summed E-state index contributed by atoms with van der Waals surface area (Å²) in [6, 6.07) is 2.54. The zero-order valence-corrected chi connectivity index (χ0v) is 10.7. The minimum atomic E-state index is -4.40. The SMILES string of the molecule is CN(C)c1nc(C(F)(F)F)ccc1C(C)(C)C. The van der Waals surface area contributed by atoms with E-state index in [0.717, 1.165) is 11.6 Å². The Morgan fingerprint density at radius 3 is 1.94 bits per heavy atom. The summed E-state index contributed by atoms with van der Waals surface area (Å²) in [5.41, 5.74) is -0.291. The molecule has 0 N–H and O–H groups in total. The van der Waals surface area contributed by atoms with Crippen molar-refractivity contribution in [3.63, 3.8) is 0 Å². The van der Waals surface area contributed by atoms with E-state index in [0.29, 0.717) is 5.82 Å². The lowest BCUT2D eigenvalue weighted by Crippen LogP contribution is -2.22. The van der Waals surface area contributed by atoms with Crippen molar-refractivity contribution >= 4 is 5.82 Å². The van der Waals surface area contributed by atoms with Crippen LogP contribution in [0, 0.1) is 0 Å². The zero-order valence-electron chi connectivity index (χ0n) is 10.7. The molecule has 0 bridgehead atoms. The van der Waals surface area contributed by atoms with Gasteiger partial charge >= 0.3 is 6.18 Å². The number of nitrogens with zero attached hydrogens (tertiary/aromatic N) is 2. The minimum absolute atomic E-state index is 0.239. The molecular formula is C12H17F3N2. The van der Waals surface area contributed by atoms with Gasteiger partial charge in [-0.25, -0.2) is 4.98 Å². The van der Waals surface area contributed by atoms with E-state index < -0.39 is 11.9 Å². The number of alkyl halides is 3. The van der Waals surface area contributed by atoms with Gasteiger partial charge in [-0.15, -0.1) is 0 Å². The van der Waals surface area contributed by atoms with Crippen molar-refractivity contribution in [2.24, 2.45) is 0 Å². The lowest BCUT2D eigenvalue weighted by atomic mass is 9.87. The van der Waals surface area contributed by atoms with Crippen LogP contribution in [0.1, 0.15) is 32.0 Å². The van der Waals surface area contributed by atoms with E-state index in [1.165, 1.54) is 6.07 Å². The molecule has 96 valence electrons. The van der Waals surface area contributed by atoms with Crippen LogP contribution in [0.2, 0.25) is 0 Å². The molecule has 0 spiro atoms. The number of anilines is 1. The van der Waals surface area contributed by atoms with Crippen LogP contribution >= 0.6 is 0 Å². The number of rotatable bonds is 1. The Kier molecular flexibility index (Phi) is 3.41. The van der Waals surface area contributed by atoms with E-state index in [9.17, 15) is 13.2 Å². The van der Waals surface area contributed by atoms with Crippen molar-refractivity contribution in [2.45, 2.75) is 32.4 Å². The van der Waals surface area contributed by atoms with Crippen LogP contribution in [0.15, 0.2) is 12.1 Å². The highest BCUT2D eigenvalue weighted by Gasteiger charge is 2.34. The average Bonchev–Trinajstić information content (AvgIpc) is 2.14. The van der Waals surface area contributed by atoms with Gasteiger partial charge in [-0.3, -0.25) is 0 Å². The molecule has 5 heteroatoms. The Bertz CT molecular complexity index is 403. The molecule has 0 unspecified atom stereocenters. The number of hydrogen-bond acceptors (Lipinski definition) is 2. The van der Waals surface area contributed by atoms with Crippen LogP contribution in [-0.2, 0) is 11.6 Å². The number of aromatic nitrogens is 1. The summed E-state index contributed by atoms with van der Waals surface area (Å²) in [5, 5.41) is 0. The van der Waals surface area contributed by atoms with Gasteiger partial charge in [0, 0.05) is 19.7 Å². The van der Waals surface area contributed by atoms with Crippen molar-refractivity contribution in [3.8, 4) is 0 Å². The van der Waals surface area contributed by atoms with Crippen molar-refractivity contribution in [2.75, 3.05) is 19.0 Å². The van der Waals surface area contributed by atoms with Gasteiger partial charge in [0.2, 0.25) is 0 Å². The predicted molar refractivity (Wildman–Crippen MR) is 62.3 cm³/mol. The van der Waals surface area contributed by atoms with Gasteiger partial charge in [0.05, 0.1) is 0 Å². The Morgan fingerprint density at radius 2 is 1.59 bits per heavy atom. The van der Waals surface area contributed by atoms with E-state index in [2.05, 4.69) is 4.98 Å². The topological polar surface area (TPSA) is 16.1 Å². The van der Waals surface area contributed by atoms with Crippen LogP contribution in [0.3, 0.4) is 0 Å². The van der Waals surface area contributed by atoms with E-state index >= 15 is 0 Å². The Morgan fingerprint density at radius 1 is 1.06 bits per heavy atom.